The van der Waals surface area contributed by atoms with Crippen LogP contribution in [0.1, 0.15) is 66.7 Å². The highest BCUT2D eigenvalue weighted by Crippen LogP contribution is 2.56. The van der Waals surface area contributed by atoms with Crippen LogP contribution in [0, 0.1) is 17.3 Å². The summed E-state index contributed by atoms with van der Waals surface area (Å²) >= 11 is 0. The van der Waals surface area contributed by atoms with Crippen LogP contribution < -0.4 is 0 Å². The second-order valence-corrected chi connectivity index (χ2v) is 5.69. The van der Waals surface area contributed by atoms with E-state index in [-0.39, 0.29) is 0 Å². The van der Waals surface area contributed by atoms with Crippen LogP contribution in [0.25, 0.3) is 0 Å². The van der Waals surface area contributed by atoms with Crippen molar-refractivity contribution in [2.75, 3.05) is 0 Å². The summed E-state index contributed by atoms with van der Waals surface area (Å²) in [4.78, 5) is 0. The average Bonchev–Trinajstić information content (AvgIpc) is 2.69. The smallest absolute Gasteiger partial charge is 0.00454 e. The van der Waals surface area contributed by atoms with Gasteiger partial charge in [-0.2, -0.15) is 0 Å². The first-order valence-corrected chi connectivity index (χ1v) is 7.47. The molecule has 0 heterocycles. The van der Waals surface area contributed by atoms with Gasteiger partial charge in [-0.3, -0.25) is 0 Å². The quantitative estimate of drug-likeness (QED) is 0.533. The van der Waals surface area contributed by atoms with E-state index < -0.39 is 0 Å². The highest BCUT2D eigenvalue weighted by Gasteiger charge is 2.45. The van der Waals surface area contributed by atoms with Gasteiger partial charge >= 0.3 is 0 Å². The molecule has 0 amide bonds. The Hall–Kier alpha value is -0.520. The van der Waals surface area contributed by atoms with E-state index in [1.807, 2.05) is 13.8 Å². The third kappa shape index (κ3) is 2.51. The van der Waals surface area contributed by atoms with E-state index in [1.165, 1.54) is 37.7 Å². The molecule has 0 aliphatic heterocycles. The molecule has 17 heavy (non-hydrogen) atoms. The first-order valence-electron chi connectivity index (χ1n) is 7.47. The van der Waals surface area contributed by atoms with Crippen LogP contribution in [0.15, 0.2) is 23.8 Å². The molecule has 0 bridgehead atoms. The molecule has 1 fully saturated rings. The van der Waals surface area contributed by atoms with Gasteiger partial charge in [0.15, 0.2) is 0 Å². The van der Waals surface area contributed by atoms with E-state index in [1.54, 1.807) is 5.57 Å². The maximum absolute atomic E-state index is 4.29. The number of hydrogen-bond acceptors (Lipinski definition) is 0. The van der Waals surface area contributed by atoms with Crippen LogP contribution in [0.5, 0.6) is 0 Å². The summed E-state index contributed by atoms with van der Waals surface area (Å²) in [7, 11) is 0. The second-order valence-electron chi connectivity index (χ2n) is 5.69. The third-order valence-corrected chi connectivity index (χ3v) is 4.83. The van der Waals surface area contributed by atoms with Crippen molar-refractivity contribution in [3.05, 3.63) is 23.8 Å². The summed E-state index contributed by atoms with van der Waals surface area (Å²) in [6, 6.07) is 0. The Morgan fingerprint density at radius 3 is 2.71 bits per heavy atom. The highest BCUT2D eigenvalue weighted by molar-refractivity contribution is 5.31. The number of allylic oxidation sites excluding steroid dienone is 3. The minimum Gasteiger partial charge on any atom is -0.0995 e. The Morgan fingerprint density at radius 2 is 2.12 bits per heavy atom. The van der Waals surface area contributed by atoms with Crippen molar-refractivity contribution >= 4 is 0 Å². The zero-order valence-corrected chi connectivity index (χ0v) is 12.5. The van der Waals surface area contributed by atoms with E-state index in [0.717, 1.165) is 11.8 Å². The summed E-state index contributed by atoms with van der Waals surface area (Å²) in [5.41, 5.74) is 3.71. The van der Waals surface area contributed by atoms with Crippen LogP contribution in [0.3, 0.4) is 0 Å². The Bertz CT molecular complexity index is 297. The molecule has 0 saturated heterocycles. The molecular formula is C17H30. The van der Waals surface area contributed by atoms with Crippen molar-refractivity contribution < 1.29 is 0 Å². The Morgan fingerprint density at radius 1 is 1.47 bits per heavy atom. The first-order chi connectivity index (χ1) is 8.09. The zero-order valence-electron chi connectivity index (χ0n) is 12.5. The molecule has 98 valence electrons. The molecule has 3 unspecified atom stereocenters. The van der Waals surface area contributed by atoms with Gasteiger partial charge in [-0.05, 0) is 49.4 Å². The van der Waals surface area contributed by atoms with E-state index in [2.05, 4.69) is 33.4 Å². The highest BCUT2D eigenvalue weighted by atomic mass is 14.5. The molecule has 0 heteroatoms. The summed E-state index contributed by atoms with van der Waals surface area (Å²) in [6.45, 7) is 15.5. The van der Waals surface area contributed by atoms with Crippen molar-refractivity contribution in [1.82, 2.24) is 0 Å². The lowest BCUT2D eigenvalue weighted by atomic mass is 9.62. The summed E-state index contributed by atoms with van der Waals surface area (Å²) < 4.78 is 0. The maximum Gasteiger partial charge on any atom is -0.00454 e. The lowest BCUT2D eigenvalue weighted by Crippen LogP contribution is -2.32. The molecule has 0 aromatic rings. The van der Waals surface area contributed by atoms with Crippen LogP contribution in [-0.4, -0.2) is 0 Å². The number of fused-ring (bicyclic) bond motifs is 1. The van der Waals surface area contributed by atoms with E-state index in [0.29, 0.717) is 5.41 Å². The predicted octanol–water partition coefficient (Wildman–Crippen LogP) is 5.75. The Kier molecular flexibility index (Phi) is 5.04. The normalized spacial score (nSPS) is 33.4. The Balaban J connectivity index is 0.000000686. The van der Waals surface area contributed by atoms with E-state index >= 15 is 0 Å². The van der Waals surface area contributed by atoms with Crippen LogP contribution in [-0.2, 0) is 0 Å². The number of rotatable bonds is 2. The monoisotopic (exact) mass is 234 g/mol. The molecule has 1 saturated carbocycles. The summed E-state index contributed by atoms with van der Waals surface area (Å²) in [5, 5.41) is 0. The van der Waals surface area contributed by atoms with Crippen molar-refractivity contribution in [2.24, 2.45) is 17.3 Å². The van der Waals surface area contributed by atoms with E-state index in [9.17, 15) is 0 Å². The predicted molar refractivity (Wildman–Crippen MR) is 78.1 cm³/mol. The molecule has 0 nitrogen and oxygen atoms in total. The Labute approximate surface area is 108 Å². The topological polar surface area (TPSA) is 0 Å². The second kappa shape index (κ2) is 5.89. The fourth-order valence-corrected chi connectivity index (χ4v) is 3.72. The molecule has 2 aliphatic carbocycles. The third-order valence-electron chi connectivity index (χ3n) is 4.83. The molecule has 0 N–H and O–H groups in total. The molecule has 2 aliphatic rings. The van der Waals surface area contributed by atoms with Gasteiger partial charge < -0.3 is 0 Å². The van der Waals surface area contributed by atoms with Gasteiger partial charge in [-0.15, -0.1) is 0 Å². The van der Waals surface area contributed by atoms with Crippen LogP contribution in [0.4, 0.5) is 0 Å². The largest absolute Gasteiger partial charge is 0.0995 e. The van der Waals surface area contributed by atoms with Gasteiger partial charge in [0, 0.05) is 0 Å². The fraction of sp³-hybridized carbons (Fsp3) is 0.765. The zero-order chi connectivity index (χ0) is 13.1. The molecular weight excluding hydrogens is 204 g/mol. The molecule has 0 radical (unpaired) electrons. The van der Waals surface area contributed by atoms with Gasteiger partial charge in [0.05, 0.1) is 0 Å². The van der Waals surface area contributed by atoms with Gasteiger partial charge in [-0.1, -0.05) is 58.4 Å². The van der Waals surface area contributed by atoms with Crippen molar-refractivity contribution in [1.29, 1.82) is 0 Å². The first kappa shape index (κ1) is 14.5. The molecule has 3 atom stereocenters. The minimum absolute atomic E-state index is 0.463. The van der Waals surface area contributed by atoms with Gasteiger partial charge in [-0.25, -0.2) is 0 Å². The van der Waals surface area contributed by atoms with Crippen molar-refractivity contribution in [2.45, 2.75) is 66.7 Å². The standard InChI is InChI=1S/C15H24.C2H6/c1-5-11(2)13-8-9-14-12(3)7-6-10-15(13,14)4;1-2/h8,11,14H,3,5-7,9-10H2,1-2,4H3;1-2H3. The van der Waals surface area contributed by atoms with E-state index in [4.69, 9.17) is 0 Å². The lowest BCUT2D eigenvalue weighted by Gasteiger charge is -2.42. The van der Waals surface area contributed by atoms with Gasteiger partial charge in [0.2, 0.25) is 0 Å². The molecule has 0 aromatic carbocycles. The number of hydrogen-bond donors (Lipinski definition) is 0. The SMILES string of the molecule is C=C1CCCC2(C)C(C(C)CC)=CCC12.CC. The van der Waals surface area contributed by atoms with Crippen molar-refractivity contribution in [3.8, 4) is 0 Å². The van der Waals surface area contributed by atoms with Crippen LogP contribution >= 0.6 is 0 Å². The average molecular weight is 234 g/mol. The lowest BCUT2D eigenvalue weighted by molar-refractivity contribution is 0.218. The fourth-order valence-electron chi connectivity index (χ4n) is 3.72. The summed E-state index contributed by atoms with van der Waals surface area (Å²) in [5.74, 6) is 1.53. The molecule has 0 aromatic heterocycles. The van der Waals surface area contributed by atoms with Crippen LogP contribution in [0.2, 0.25) is 0 Å². The molecule has 2 rings (SSSR count). The van der Waals surface area contributed by atoms with Gasteiger partial charge in [0.25, 0.3) is 0 Å². The summed E-state index contributed by atoms with van der Waals surface area (Å²) in [6.07, 6.45) is 9.05. The van der Waals surface area contributed by atoms with Crippen molar-refractivity contribution in [3.63, 3.8) is 0 Å². The molecule has 0 spiro atoms. The maximum atomic E-state index is 4.29. The minimum atomic E-state index is 0.463. The van der Waals surface area contributed by atoms with Gasteiger partial charge in [0.1, 0.15) is 0 Å².